The zero-order valence-electron chi connectivity index (χ0n) is 18.1. The maximum Gasteiger partial charge on any atom is 0.289 e. The lowest BCUT2D eigenvalue weighted by Crippen LogP contribution is -2.35. The first-order valence-corrected chi connectivity index (χ1v) is 12.0. The molecule has 1 N–H and O–H groups in total. The van der Waals surface area contributed by atoms with Gasteiger partial charge in [-0.2, -0.15) is 0 Å². The van der Waals surface area contributed by atoms with Gasteiger partial charge in [0.15, 0.2) is 11.3 Å². The first-order chi connectivity index (χ1) is 14.8. The predicted octanol–water partition coefficient (Wildman–Crippen LogP) is 3.86. The summed E-state index contributed by atoms with van der Waals surface area (Å²) in [5.74, 6) is 0.0524. The number of rotatable bonds is 5. The van der Waals surface area contributed by atoms with Crippen LogP contribution in [0.3, 0.4) is 0 Å². The number of pyridine rings is 1. The molecule has 1 aromatic carbocycles. The number of fused-ring (bicyclic) bond motifs is 1. The van der Waals surface area contributed by atoms with Crippen LogP contribution in [-0.2, 0) is 16.6 Å². The van der Waals surface area contributed by atoms with Gasteiger partial charge in [0.25, 0.3) is 5.91 Å². The van der Waals surface area contributed by atoms with E-state index in [-0.39, 0.29) is 28.7 Å². The average molecular weight is 442 g/mol. The number of nitrogens with zero attached hydrogens (tertiary/aromatic N) is 2. The molecule has 0 unspecified atom stereocenters. The lowest BCUT2D eigenvalue weighted by molar-refractivity contribution is 0.0693. The van der Waals surface area contributed by atoms with E-state index in [0.717, 1.165) is 24.8 Å². The number of likely N-dealkylation sites (tertiary alicyclic amines) is 1. The van der Waals surface area contributed by atoms with Gasteiger partial charge in [0, 0.05) is 30.2 Å². The van der Waals surface area contributed by atoms with Crippen molar-refractivity contribution < 1.29 is 17.6 Å². The summed E-state index contributed by atoms with van der Waals surface area (Å²) in [5, 5.41) is 0.654. The third kappa shape index (κ3) is 4.09. The van der Waals surface area contributed by atoms with Crippen molar-refractivity contribution in [3.63, 3.8) is 0 Å². The van der Waals surface area contributed by atoms with E-state index in [0.29, 0.717) is 35.3 Å². The zero-order valence-corrected chi connectivity index (χ0v) is 18.9. The minimum atomic E-state index is -3.90. The maximum absolute atomic E-state index is 13.3. The molecule has 0 saturated carbocycles. The highest BCUT2D eigenvalue weighted by molar-refractivity contribution is 7.89. The van der Waals surface area contributed by atoms with Gasteiger partial charge in [-0.15, -0.1) is 0 Å². The molecule has 7 nitrogen and oxygen atoms in total. The highest BCUT2D eigenvalue weighted by Gasteiger charge is 2.30. The van der Waals surface area contributed by atoms with Crippen LogP contribution in [0.2, 0.25) is 0 Å². The van der Waals surface area contributed by atoms with Crippen LogP contribution in [0.15, 0.2) is 39.8 Å². The van der Waals surface area contributed by atoms with E-state index in [4.69, 9.17) is 4.42 Å². The number of benzene rings is 1. The Morgan fingerprint density at radius 2 is 1.87 bits per heavy atom. The molecule has 1 aliphatic rings. The molecule has 8 heteroatoms. The van der Waals surface area contributed by atoms with Gasteiger partial charge in [-0.05, 0) is 69.4 Å². The number of aryl methyl sites for hydroxylation is 2. The number of hydrogen-bond acceptors (Lipinski definition) is 5. The third-order valence-corrected chi connectivity index (χ3v) is 7.52. The van der Waals surface area contributed by atoms with Crippen LogP contribution < -0.4 is 4.72 Å². The van der Waals surface area contributed by atoms with E-state index in [2.05, 4.69) is 9.71 Å². The van der Waals surface area contributed by atoms with Gasteiger partial charge in [0.2, 0.25) is 10.0 Å². The molecule has 0 aliphatic carbocycles. The molecule has 1 amide bonds. The van der Waals surface area contributed by atoms with Gasteiger partial charge in [0.1, 0.15) is 4.90 Å². The fourth-order valence-electron chi connectivity index (χ4n) is 4.05. The second-order valence-electron chi connectivity index (χ2n) is 8.08. The molecule has 1 fully saturated rings. The van der Waals surface area contributed by atoms with Gasteiger partial charge in [-0.3, -0.25) is 9.78 Å². The monoisotopic (exact) mass is 441 g/mol. The molecular formula is C23H27N3O4S. The van der Waals surface area contributed by atoms with Crippen LogP contribution in [0, 0.1) is 20.8 Å². The van der Waals surface area contributed by atoms with Crippen molar-refractivity contribution in [1.82, 2.24) is 14.6 Å². The van der Waals surface area contributed by atoms with Crippen molar-refractivity contribution in [2.75, 3.05) is 13.1 Å². The van der Waals surface area contributed by atoms with E-state index in [1.165, 1.54) is 0 Å². The summed E-state index contributed by atoms with van der Waals surface area (Å²) >= 11 is 0. The Bertz CT molecular complexity index is 1230. The molecule has 164 valence electrons. The largest absolute Gasteiger partial charge is 0.449 e. The van der Waals surface area contributed by atoms with Crippen molar-refractivity contribution in [3.05, 3.63) is 58.6 Å². The Labute approximate surface area is 182 Å². The molecule has 3 heterocycles. The molecule has 4 rings (SSSR count). The molecule has 0 atom stereocenters. The number of sulfonamides is 1. The average Bonchev–Trinajstić information content (AvgIpc) is 3.09. The van der Waals surface area contributed by atoms with E-state index in [1.54, 1.807) is 36.2 Å². The topological polar surface area (TPSA) is 92.5 Å². The molecule has 1 aliphatic heterocycles. The lowest BCUT2D eigenvalue weighted by atomic mass is 10.0. The SMILES string of the molecule is Cc1cc2c(C)c(C(=O)N3CCCCC3)oc2c(S(=O)(=O)NCc2ccccn2)c1C. The number of amides is 1. The van der Waals surface area contributed by atoms with E-state index in [9.17, 15) is 13.2 Å². The highest BCUT2D eigenvalue weighted by atomic mass is 32.2. The van der Waals surface area contributed by atoms with Crippen LogP contribution in [0.4, 0.5) is 0 Å². The Hall–Kier alpha value is -2.71. The van der Waals surface area contributed by atoms with Crippen molar-refractivity contribution >= 4 is 26.9 Å². The minimum absolute atomic E-state index is 0.0668. The van der Waals surface area contributed by atoms with E-state index >= 15 is 0 Å². The van der Waals surface area contributed by atoms with Crippen LogP contribution in [0.25, 0.3) is 11.0 Å². The Balaban J connectivity index is 1.77. The first-order valence-electron chi connectivity index (χ1n) is 10.5. The fourth-order valence-corrected chi connectivity index (χ4v) is 5.50. The Morgan fingerprint density at radius 1 is 1.13 bits per heavy atom. The van der Waals surface area contributed by atoms with Crippen molar-refractivity contribution in [2.45, 2.75) is 51.5 Å². The smallest absolute Gasteiger partial charge is 0.289 e. The summed E-state index contributed by atoms with van der Waals surface area (Å²) < 4.78 is 35.2. The summed E-state index contributed by atoms with van der Waals surface area (Å²) in [6.45, 7) is 6.90. The van der Waals surface area contributed by atoms with E-state index in [1.807, 2.05) is 19.9 Å². The van der Waals surface area contributed by atoms with Crippen LogP contribution in [0.1, 0.15) is 52.2 Å². The van der Waals surface area contributed by atoms with Gasteiger partial charge >= 0.3 is 0 Å². The standard InChI is InChI=1S/C23H27N3O4S/c1-15-13-19-17(3)20(23(27)26-11-7-4-8-12-26)30-21(19)22(16(15)2)31(28,29)25-14-18-9-5-6-10-24-18/h5-6,9-10,13,25H,4,7-8,11-12,14H2,1-3H3. The van der Waals surface area contributed by atoms with Crippen molar-refractivity contribution in [3.8, 4) is 0 Å². The molecule has 3 aromatic rings. The molecule has 0 bridgehead atoms. The maximum atomic E-state index is 13.3. The van der Waals surface area contributed by atoms with Crippen molar-refractivity contribution in [1.29, 1.82) is 0 Å². The number of furan rings is 1. The summed E-state index contributed by atoms with van der Waals surface area (Å²) in [6.07, 6.45) is 4.68. The molecular weight excluding hydrogens is 414 g/mol. The summed E-state index contributed by atoms with van der Waals surface area (Å²) in [4.78, 5) is 19.1. The lowest BCUT2D eigenvalue weighted by Gasteiger charge is -2.25. The normalized spacial score (nSPS) is 14.9. The second-order valence-corrected chi connectivity index (χ2v) is 9.78. The summed E-state index contributed by atoms with van der Waals surface area (Å²) in [5.41, 5.74) is 2.95. The van der Waals surface area contributed by atoms with Crippen LogP contribution in [0.5, 0.6) is 0 Å². The van der Waals surface area contributed by atoms with Crippen molar-refractivity contribution in [2.24, 2.45) is 0 Å². The van der Waals surface area contributed by atoms with E-state index < -0.39 is 10.0 Å². The van der Waals surface area contributed by atoms with Crippen LogP contribution in [-0.4, -0.2) is 37.3 Å². The number of nitrogens with one attached hydrogen (secondary N) is 1. The molecule has 0 radical (unpaired) electrons. The zero-order chi connectivity index (χ0) is 22.2. The molecule has 0 spiro atoms. The fraction of sp³-hybridized carbons (Fsp3) is 0.391. The molecule has 2 aromatic heterocycles. The summed E-state index contributed by atoms with van der Waals surface area (Å²) in [6, 6.07) is 7.24. The predicted molar refractivity (Wildman–Crippen MR) is 118 cm³/mol. The van der Waals surface area contributed by atoms with Gasteiger partial charge in [-0.25, -0.2) is 13.1 Å². The number of aromatic nitrogens is 1. The number of hydrogen-bond donors (Lipinski definition) is 1. The molecule has 31 heavy (non-hydrogen) atoms. The quantitative estimate of drug-likeness (QED) is 0.649. The van der Waals surface area contributed by atoms with Crippen LogP contribution >= 0.6 is 0 Å². The third-order valence-electron chi connectivity index (χ3n) is 5.97. The molecule has 1 saturated heterocycles. The number of piperidine rings is 1. The first kappa shape index (κ1) is 21.5. The van der Waals surface area contributed by atoms with Gasteiger partial charge in [0.05, 0.1) is 12.2 Å². The number of carbonyl (C=O) groups is 1. The Kier molecular flexibility index (Phi) is 5.85. The second kappa shape index (κ2) is 8.43. The minimum Gasteiger partial charge on any atom is -0.449 e. The Morgan fingerprint density at radius 3 is 2.55 bits per heavy atom. The number of carbonyl (C=O) groups excluding carboxylic acids is 1. The van der Waals surface area contributed by atoms with Gasteiger partial charge in [-0.1, -0.05) is 6.07 Å². The summed E-state index contributed by atoms with van der Waals surface area (Å²) in [7, 11) is -3.90. The highest BCUT2D eigenvalue weighted by Crippen LogP contribution is 2.35. The van der Waals surface area contributed by atoms with Gasteiger partial charge < -0.3 is 9.32 Å².